The highest BCUT2D eigenvalue weighted by atomic mass is 32.2. The molecule has 6 nitrogen and oxygen atoms in total. The van der Waals surface area contributed by atoms with Crippen LogP contribution in [0.3, 0.4) is 0 Å². The first-order valence-electron chi connectivity index (χ1n) is 8.58. The Morgan fingerprint density at radius 3 is 2.20 bits per heavy atom. The highest BCUT2D eigenvalue weighted by Crippen LogP contribution is 2.44. The van der Waals surface area contributed by atoms with E-state index in [0.29, 0.717) is 18.0 Å². The van der Waals surface area contributed by atoms with Gasteiger partial charge in [0.05, 0.1) is 16.1 Å². The number of carbonyl (C=O) groups excluding carboxylic acids is 1. The van der Waals surface area contributed by atoms with E-state index in [-0.39, 0.29) is 23.3 Å². The zero-order valence-electron chi connectivity index (χ0n) is 14.4. The van der Waals surface area contributed by atoms with E-state index in [2.05, 4.69) is 0 Å². The zero-order valence-corrected chi connectivity index (χ0v) is 15.2. The lowest BCUT2D eigenvalue weighted by Crippen LogP contribution is -2.30. The molecule has 1 aromatic rings. The summed E-state index contributed by atoms with van der Waals surface area (Å²) >= 11 is 0. The molecule has 1 heterocycles. The molecule has 3 rings (SSSR count). The Labute approximate surface area is 147 Å². The smallest absolute Gasteiger partial charge is 0.308 e. The van der Waals surface area contributed by atoms with E-state index in [4.69, 9.17) is 0 Å². The second-order valence-corrected chi connectivity index (χ2v) is 9.78. The number of likely N-dealkylation sites (tertiary alicyclic amines) is 1. The molecule has 0 bridgehead atoms. The molecule has 7 heteroatoms. The maximum atomic E-state index is 12.7. The Morgan fingerprint density at radius 1 is 1.12 bits per heavy atom. The van der Waals surface area contributed by atoms with Gasteiger partial charge in [0.15, 0.2) is 9.84 Å². The number of carboxylic acid groups (broad SMARTS) is 1. The quantitative estimate of drug-likeness (QED) is 0.862. The van der Waals surface area contributed by atoms with Crippen molar-refractivity contribution in [1.29, 1.82) is 0 Å². The second kappa shape index (κ2) is 6.44. The highest BCUT2D eigenvalue weighted by Gasteiger charge is 2.46. The van der Waals surface area contributed by atoms with Gasteiger partial charge in [0, 0.05) is 18.7 Å². The minimum atomic E-state index is -3.37. The van der Waals surface area contributed by atoms with E-state index in [1.165, 1.54) is 24.3 Å². The second-order valence-electron chi connectivity index (χ2n) is 7.27. The van der Waals surface area contributed by atoms with Gasteiger partial charge in [0.25, 0.3) is 5.91 Å². The van der Waals surface area contributed by atoms with Crippen molar-refractivity contribution < 1.29 is 23.1 Å². The summed E-state index contributed by atoms with van der Waals surface area (Å²) in [4.78, 5) is 25.9. The third kappa shape index (κ3) is 3.42. The number of rotatable bonds is 5. The average molecular weight is 365 g/mol. The summed E-state index contributed by atoms with van der Waals surface area (Å²) in [6, 6.07) is 5.92. The van der Waals surface area contributed by atoms with Gasteiger partial charge in [-0.1, -0.05) is 0 Å². The lowest BCUT2D eigenvalue weighted by atomic mass is 9.92. The summed E-state index contributed by atoms with van der Waals surface area (Å²) in [5, 5.41) is 8.88. The fraction of sp³-hybridized carbons (Fsp3) is 0.556. The first-order chi connectivity index (χ1) is 11.7. The number of nitrogens with zero attached hydrogens (tertiary/aromatic N) is 1. The van der Waals surface area contributed by atoms with Crippen LogP contribution in [0.5, 0.6) is 0 Å². The minimum absolute atomic E-state index is 0.0297. The van der Waals surface area contributed by atoms with Crippen molar-refractivity contribution in [1.82, 2.24) is 4.90 Å². The van der Waals surface area contributed by atoms with Crippen molar-refractivity contribution in [3.63, 3.8) is 0 Å². The van der Waals surface area contributed by atoms with Gasteiger partial charge in [-0.15, -0.1) is 0 Å². The molecule has 0 radical (unpaired) electrons. The molecule has 1 aliphatic heterocycles. The first kappa shape index (κ1) is 17.9. The van der Waals surface area contributed by atoms with Gasteiger partial charge in [-0.25, -0.2) is 8.42 Å². The zero-order chi connectivity index (χ0) is 18.4. The molecule has 0 aromatic heterocycles. The van der Waals surface area contributed by atoms with Crippen molar-refractivity contribution in [3.05, 3.63) is 29.8 Å². The predicted octanol–water partition coefficient (Wildman–Crippen LogP) is 2.05. The standard InChI is InChI=1S/C18H23NO5S/c1-11(2)25(23,24)14-7-5-13(6-8-14)17(20)19-9-15(12-3-4-12)16(10-19)18(21)22/h5-8,11-12,15-16H,3-4,9-10H2,1-2H3,(H,21,22)/t15-,16+/m1/s1. The van der Waals surface area contributed by atoms with E-state index in [0.717, 1.165) is 12.8 Å². The molecule has 0 unspecified atom stereocenters. The molecule has 1 amide bonds. The highest BCUT2D eigenvalue weighted by molar-refractivity contribution is 7.92. The number of amides is 1. The number of sulfone groups is 1. The summed E-state index contributed by atoms with van der Waals surface area (Å²) < 4.78 is 24.3. The van der Waals surface area contributed by atoms with Crippen molar-refractivity contribution >= 4 is 21.7 Å². The first-order valence-corrected chi connectivity index (χ1v) is 10.1. The molecule has 1 saturated heterocycles. The Hall–Kier alpha value is -1.89. The number of hydrogen-bond acceptors (Lipinski definition) is 4. The minimum Gasteiger partial charge on any atom is -0.481 e. The molecular formula is C18H23NO5S. The van der Waals surface area contributed by atoms with Crippen LogP contribution in [0.4, 0.5) is 0 Å². The van der Waals surface area contributed by atoms with Crippen molar-refractivity contribution in [2.75, 3.05) is 13.1 Å². The van der Waals surface area contributed by atoms with Crippen LogP contribution in [0.25, 0.3) is 0 Å². The molecule has 2 aliphatic rings. The molecule has 1 saturated carbocycles. The van der Waals surface area contributed by atoms with Gasteiger partial charge < -0.3 is 10.0 Å². The molecule has 1 aromatic carbocycles. The lowest BCUT2D eigenvalue weighted by molar-refractivity contribution is -0.142. The number of benzene rings is 1. The van der Waals surface area contributed by atoms with E-state index in [1.807, 2.05) is 0 Å². The van der Waals surface area contributed by atoms with Gasteiger partial charge in [-0.3, -0.25) is 9.59 Å². The molecule has 1 aliphatic carbocycles. The number of aliphatic carboxylic acids is 1. The van der Waals surface area contributed by atoms with Gasteiger partial charge in [-0.05, 0) is 62.8 Å². The SMILES string of the molecule is CC(C)S(=O)(=O)c1ccc(C(=O)N2C[C@H](C(=O)O)[C@@H](C3CC3)C2)cc1. The summed E-state index contributed by atoms with van der Waals surface area (Å²) in [5.41, 5.74) is 0.392. The molecule has 0 spiro atoms. The maximum Gasteiger partial charge on any atom is 0.308 e. The van der Waals surface area contributed by atoms with Crippen LogP contribution in [-0.4, -0.2) is 48.6 Å². The van der Waals surface area contributed by atoms with E-state index in [9.17, 15) is 23.1 Å². The van der Waals surface area contributed by atoms with Gasteiger partial charge in [0.2, 0.25) is 0 Å². The largest absolute Gasteiger partial charge is 0.481 e. The van der Waals surface area contributed by atoms with E-state index < -0.39 is 27.0 Å². The van der Waals surface area contributed by atoms with Gasteiger partial charge in [-0.2, -0.15) is 0 Å². The van der Waals surface area contributed by atoms with Crippen molar-refractivity contribution in [3.8, 4) is 0 Å². The summed E-state index contributed by atoms with van der Waals surface area (Å²) in [7, 11) is -3.37. The maximum absolute atomic E-state index is 12.7. The molecule has 2 fully saturated rings. The normalized spacial score (nSPS) is 23.9. The monoisotopic (exact) mass is 365 g/mol. The van der Waals surface area contributed by atoms with E-state index >= 15 is 0 Å². The molecular weight excluding hydrogens is 342 g/mol. The average Bonchev–Trinajstić information content (AvgIpc) is 3.32. The lowest BCUT2D eigenvalue weighted by Gasteiger charge is -2.17. The van der Waals surface area contributed by atoms with Crippen LogP contribution in [0.2, 0.25) is 0 Å². The van der Waals surface area contributed by atoms with Crippen LogP contribution in [-0.2, 0) is 14.6 Å². The number of hydrogen-bond donors (Lipinski definition) is 1. The van der Waals surface area contributed by atoms with Crippen molar-refractivity contribution in [2.24, 2.45) is 17.8 Å². The molecule has 2 atom stereocenters. The number of carboxylic acids is 1. The predicted molar refractivity (Wildman–Crippen MR) is 92.0 cm³/mol. The molecule has 136 valence electrons. The summed E-state index contributed by atoms with van der Waals surface area (Å²) in [5.74, 6) is -1.13. The third-order valence-electron chi connectivity index (χ3n) is 5.25. The van der Waals surface area contributed by atoms with Crippen LogP contribution in [0, 0.1) is 17.8 Å². The fourth-order valence-electron chi connectivity index (χ4n) is 3.50. The Kier molecular flexibility index (Phi) is 4.62. The third-order valence-corrected chi connectivity index (χ3v) is 7.42. The Balaban J connectivity index is 1.76. The van der Waals surface area contributed by atoms with Crippen molar-refractivity contribution in [2.45, 2.75) is 36.8 Å². The van der Waals surface area contributed by atoms with Crippen LogP contribution >= 0.6 is 0 Å². The van der Waals surface area contributed by atoms with Crippen LogP contribution < -0.4 is 0 Å². The summed E-state index contributed by atoms with van der Waals surface area (Å²) in [6.45, 7) is 3.92. The Bertz CT molecular complexity index is 780. The molecule has 25 heavy (non-hydrogen) atoms. The number of carbonyl (C=O) groups is 2. The summed E-state index contributed by atoms with van der Waals surface area (Å²) in [6.07, 6.45) is 2.08. The van der Waals surface area contributed by atoms with Crippen LogP contribution in [0.1, 0.15) is 37.0 Å². The van der Waals surface area contributed by atoms with Gasteiger partial charge in [0.1, 0.15) is 0 Å². The van der Waals surface area contributed by atoms with Crippen LogP contribution in [0.15, 0.2) is 29.2 Å². The fourth-order valence-corrected chi connectivity index (χ4v) is 4.56. The van der Waals surface area contributed by atoms with E-state index in [1.54, 1.807) is 18.7 Å². The topological polar surface area (TPSA) is 91.8 Å². The van der Waals surface area contributed by atoms with Gasteiger partial charge >= 0.3 is 5.97 Å². The Morgan fingerprint density at radius 2 is 1.72 bits per heavy atom. The molecule has 1 N–H and O–H groups in total.